The summed E-state index contributed by atoms with van der Waals surface area (Å²) in [6, 6.07) is 3.80. The number of aromatic nitrogens is 2. The van der Waals surface area contributed by atoms with Crippen molar-refractivity contribution in [1.29, 1.82) is 0 Å². The molecule has 1 N–H and O–H groups in total. The van der Waals surface area contributed by atoms with Crippen LogP contribution in [0.1, 0.15) is 17.0 Å². The molecule has 4 nitrogen and oxygen atoms in total. The van der Waals surface area contributed by atoms with E-state index >= 15 is 0 Å². The predicted octanol–water partition coefficient (Wildman–Crippen LogP) is 2.32. The number of rotatable bonds is 4. The molecule has 0 amide bonds. The van der Waals surface area contributed by atoms with Gasteiger partial charge in [-0.05, 0) is 18.6 Å². The Morgan fingerprint density at radius 3 is 3.00 bits per heavy atom. The summed E-state index contributed by atoms with van der Waals surface area (Å²) in [7, 11) is 0. The fourth-order valence-electron chi connectivity index (χ4n) is 1.37. The van der Waals surface area contributed by atoms with E-state index in [1.807, 2.05) is 19.1 Å². The Labute approximate surface area is 98.6 Å². The molecule has 2 aromatic heterocycles. The molecular formula is C11H12ClN3O. The number of aryl methyl sites for hydroxylation is 1. The molecule has 2 aromatic rings. The standard InChI is InChI=1S/C11H12ClN3O/c1-8-4-10(15-16-8)6-14-5-9-2-3-13-7-11(9)12/h2-4,7,14H,5-6H2,1H3. The lowest BCUT2D eigenvalue weighted by Gasteiger charge is -2.03. The molecule has 0 aromatic carbocycles. The Kier molecular flexibility index (Phi) is 3.54. The summed E-state index contributed by atoms with van der Waals surface area (Å²) in [4.78, 5) is 3.93. The molecule has 0 radical (unpaired) electrons. The fraction of sp³-hybridized carbons (Fsp3) is 0.273. The van der Waals surface area contributed by atoms with Gasteiger partial charge in [0.15, 0.2) is 0 Å². The molecule has 0 aliphatic heterocycles. The van der Waals surface area contributed by atoms with Crippen molar-refractivity contribution >= 4 is 11.6 Å². The molecule has 0 fully saturated rings. The Hall–Kier alpha value is -1.39. The lowest BCUT2D eigenvalue weighted by atomic mass is 10.2. The first kappa shape index (κ1) is 11.1. The van der Waals surface area contributed by atoms with Crippen LogP contribution in [-0.2, 0) is 13.1 Å². The number of hydrogen-bond acceptors (Lipinski definition) is 4. The lowest BCUT2D eigenvalue weighted by Crippen LogP contribution is -2.13. The minimum atomic E-state index is 0.663. The van der Waals surface area contributed by atoms with E-state index in [0.717, 1.165) is 17.0 Å². The van der Waals surface area contributed by atoms with Crippen molar-refractivity contribution in [3.63, 3.8) is 0 Å². The van der Waals surface area contributed by atoms with Crippen molar-refractivity contribution in [2.45, 2.75) is 20.0 Å². The van der Waals surface area contributed by atoms with E-state index in [1.54, 1.807) is 12.4 Å². The highest BCUT2D eigenvalue weighted by Gasteiger charge is 2.01. The van der Waals surface area contributed by atoms with Crippen molar-refractivity contribution in [2.75, 3.05) is 0 Å². The van der Waals surface area contributed by atoms with Gasteiger partial charge in [0.1, 0.15) is 5.76 Å². The zero-order valence-electron chi connectivity index (χ0n) is 8.90. The van der Waals surface area contributed by atoms with Gasteiger partial charge in [0.05, 0.1) is 10.7 Å². The number of hydrogen-bond donors (Lipinski definition) is 1. The van der Waals surface area contributed by atoms with Gasteiger partial charge >= 0.3 is 0 Å². The van der Waals surface area contributed by atoms with E-state index in [9.17, 15) is 0 Å². The minimum Gasteiger partial charge on any atom is -0.361 e. The number of halogens is 1. The van der Waals surface area contributed by atoms with Gasteiger partial charge in [-0.1, -0.05) is 16.8 Å². The van der Waals surface area contributed by atoms with E-state index in [2.05, 4.69) is 15.5 Å². The van der Waals surface area contributed by atoms with E-state index in [4.69, 9.17) is 16.1 Å². The van der Waals surface area contributed by atoms with Crippen LogP contribution in [0.15, 0.2) is 29.0 Å². The summed E-state index contributed by atoms with van der Waals surface area (Å²) >= 11 is 5.97. The lowest BCUT2D eigenvalue weighted by molar-refractivity contribution is 0.388. The fourth-order valence-corrected chi connectivity index (χ4v) is 1.56. The first-order valence-electron chi connectivity index (χ1n) is 4.97. The third-order valence-corrected chi connectivity index (χ3v) is 2.50. The third-order valence-electron chi connectivity index (χ3n) is 2.15. The zero-order valence-corrected chi connectivity index (χ0v) is 9.66. The van der Waals surface area contributed by atoms with Gasteiger partial charge < -0.3 is 9.84 Å². The molecule has 0 aliphatic carbocycles. The molecule has 0 saturated heterocycles. The maximum Gasteiger partial charge on any atom is 0.133 e. The minimum absolute atomic E-state index is 0.663. The van der Waals surface area contributed by atoms with Crippen molar-refractivity contribution in [1.82, 2.24) is 15.5 Å². The van der Waals surface area contributed by atoms with Crippen LogP contribution in [0.25, 0.3) is 0 Å². The summed E-state index contributed by atoms with van der Waals surface area (Å²) in [6.45, 7) is 3.22. The van der Waals surface area contributed by atoms with Crippen molar-refractivity contribution < 1.29 is 4.52 Å². The Morgan fingerprint density at radius 1 is 1.44 bits per heavy atom. The van der Waals surface area contributed by atoms with E-state index in [-0.39, 0.29) is 0 Å². The Morgan fingerprint density at radius 2 is 2.31 bits per heavy atom. The second kappa shape index (κ2) is 5.09. The average Bonchev–Trinajstić information content (AvgIpc) is 2.67. The van der Waals surface area contributed by atoms with Crippen LogP contribution >= 0.6 is 11.6 Å². The normalized spacial score (nSPS) is 10.6. The third kappa shape index (κ3) is 2.81. The number of nitrogens with one attached hydrogen (secondary N) is 1. The second-order valence-electron chi connectivity index (χ2n) is 3.50. The summed E-state index contributed by atoms with van der Waals surface area (Å²) in [5, 5.41) is 7.80. The average molecular weight is 238 g/mol. The van der Waals surface area contributed by atoms with Gasteiger partial charge in [0.2, 0.25) is 0 Å². The maximum absolute atomic E-state index is 5.97. The Bertz CT molecular complexity index is 470. The monoisotopic (exact) mass is 237 g/mol. The molecule has 0 spiro atoms. The number of pyridine rings is 1. The zero-order chi connectivity index (χ0) is 11.4. The van der Waals surface area contributed by atoms with Crippen LogP contribution in [0.5, 0.6) is 0 Å². The van der Waals surface area contributed by atoms with Crippen LogP contribution in [0.3, 0.4) is 0 Å². The van der Waals surface area contributed by atoms with E-state index in [1.165, 1.54) is 0 Å². The number of nitrogens with zero attached hydrogens (tertiary/aromatic N) is 2. The highest BCUT2D eigenvalue weighted by Crippen LogP contribution is 2.12. The SMILES string of the molecule is Cc1cc(CNCc2ccncc2Cl)no1. The van der Waals surface area contributed by atoms with Crippen LogP contribution in [0.2, 0.25) is 5.02 Å². The topological polar surface area (TPSA) is 51.0 Å². The smallest absolute Gasteiger partial charge is 0.133 e. The Balaban J connectivity index is 1.87. The molecule has 2 rings (SSSR count). The molecule has 16 heavy (non-hydrogen) atoms. The first-order valence-corrected chi connectivity index (χ1v) is 5.35. The quantitative estimate of drug-likeness (QED) is 0.887. The first-order chi connectivity index (χ1) is 7.75. The highest BCUT2D eigenvalue weighted by atomic mass is 35.5. The molecule has 0 unspecified atom stereocenters. The largest absolute Gasteiger partial charge is 0.361 e. The van der Waals surface area contributed by atoms with Crippen molar-refractivity contribution in [3.05, 3.63) is 46.6 Å². The summed E-state index contributed by atoms with van der Waals surface area (Å²) < 4.78 is 4.96. The molecule has 5 heteroatoms. The van der Waals surface area contributed by atoms with Crippen molar-refractivity contribution in [2.24, 2.45) is 0 Å². The van der Waals surface area contributed by atoms with Gasteiger partial charge in [-0.3, -0.25) is 4.98 Å². The van der Waals surface area contributed by atoms with Crippen LogP contribution in [0.4, 0.5) is 0 Å². The highest BCUT2D eigenvalue weighted by molar-refractivity contribution is 6.31. The van der Waals surface area contributed by atoms with Gasteiger partial charge in [-0.25, -0.2) is 0 Å². The predicted molar refractivity (Wildman–Crippen MR) is 61.0 cm³/mol. The molecule has 0 bridgehead atoms. The van der Waals surface area contributed by atoms with E-state index < -0.39 is 0 Å². The van der Waals surface area contributed by atoms with Gasteiger partial charge in [0.25, 0.3) is 0 Å². The van der Waals surface area contributed by atoms with Crippen LogP contribution < -0.4 is 5.32 Å². The summed E-state index contributed by atoms with van der Waals surface area (Å²) in [6.07, 6.45) is 3.36. The van der Waals surface area contributed by atoms with Crippen LogP contribution in [-0.4, -0.2) is 10.1 Å². The molecule has 84 valence electrons. The van der Waals surface area contributed by atoms with Gasteiger partial charge in [-0.2, -0.15) is 0 Å². The summed E-state index contributed by atoms with van der Waals surface area (Å²) in [5.41, 5.74) is 1.92. The molecule has 0 atom stereocenters. The molecule has 0 saturated carbocycles. The molecule has 0 aliphatic rings. The van der Waals surface area contributed by atoms with Crippen LogP contribution in [0, 0.1) is 6.92 Å². The van der Waals surface area contributed by atoms with Gasteiger partial charge in [0, 0.05) is 31.5 Å². The van der Waals surface area contributed by atoms with Crippen molar-refractivity contribution in [3.8, 4) is 0 Å². The maximum atomic E-state index is 5.97. The molecular weight excluding hydrogens is 226 g/mol. The van der Waals surface area contributed by atoms with E-state index in [0.29, 0.717) is 18.1 Å². The second-order valence-corrected chi connectivity index (χ2v) is 3.91. The summed E-state index contributed by atoms with van der Waals surface area (Å²) in [5.74, 6) is 0.818. The van der Waals surface area contributed by atoms with Gasteiger partial charge in [-0.15, -0.1) is 0 Å². The molecule has 2 heterocycles.